The lowest BCUT2D eigenvalue weighted by Crippen LogP contribution is -2.33. The predicted octanol–water partition coefficient (Wildman–Crippen LogP) is 0.0180. The highest BCUT2D eigenvalue weighted by Gasteiger charge is 2.15. The van der Waals surface area contributed by atoms with Crippen molar-refractivity contribution in [2.24, 2.45) is 0 Å². The molecule has 0 bridgehead atoms. The van der Waals surface area contributed by atoms with Gasteiger partial charge in [0.1, 0.15) is 0 Å². The third kappa shape index (κ3) is 3.42. The number of rotatable bonds is 5. The van der Waals surface area contributed by atoms with E-state index in [9.17, 15) is 9.59 Å². The molecule has 24 heavy (non-hydrogen) atoms. The van der Waals surface area contributed by atoms with E-state index < -0.39 is 0 Å². The van der Waals surface area contributed by atoms with E-state index in [1.54, 1.807) is 23.1 Å². The minimum absolute atomic E-state index is 0.125. The number of carbonyl (C=O) groups is 1. The summed E-state index contributed by atoms with van der Waals surface area (Å²) in [4.78, 5) is 25.8. The Hall–Kier alpha value is -2.77. The summed E-state index contributed by atoms with van der Waals surface area (Å²) in [5.74, 6) is 0.363. The van der Waals surface area contributed by atoms with Gasteiger partial charge in [-0.2, -0.15) is 5.10 Å². The number of hydrogen-bond acceptors (Lipinski definition) is 6. The number of carbonyl (C=O) groups excluding carboxylic acids is 1. The summed E-state index contributed by atoms with van der Waals surface area (Å²) >= 11 is 0. The summed E-state index contributed by atoms with van der Waals surface area (Å²) in [5.41, 5.74) is 2.16. The van der Waals surface area contributed by atoms with Crippen molar-refractivity contribution in [2.75, 3.05) is 25.5 Å². The second-order valence-electron chi connectivity index (χ2n) is 5.96. The van der Waals surface area contributed by atoms with Crippen LogP contribution in [0.4, 0.5) is 5.82 Å². The fourth-order valence-corrected chi connectivity index (χ4v) is 2.65. The molecule has 0 aliphatic heterocycles. The van der Waals surface area contributed by atoms with Crippen molar-refractivity contribution in [3.8, 4) is 0 Å². The number of fused-ring (bicyclic) bond motifs is 1. The smallest absolute Gasteiger partial charge is 0.271 e. The van der Waals surface area contributed by atoms with E-state index in [1.807, 2.05) is 14.1 Å². The molecule has 0 fully saturated rings. The van der Waals surface area contributed by atoms with Gasteiger partial charge in [-0.15, -0.1) is 10.2 Å². The Morgan fingerprint density at radius 3 is 2.83 bits per heavy atom. The molecule has 126 valence electrons. The zero-order valence-electron chi connectivity index (χ0n) is 13.8. The van der Waals surface area contributed by atoms with Gasteiger partial charge in [-0.05, 0) is 37.0 Å². The minimum atomic E-state index is -0.318. The molecule has 8 heteroatoms. The second kappa shape index (κ2) is 6.77. The summed E-state index contributed by atoms with van der Waals surface area (Å²) in [6, 6.07) is 5.01. The Bertz CT molecular complexity index is 797. The van der Waals surface area contributed by atoms with Crippen molar-refractivity contribution < 1.29 is 4.79 Å². The van der Waals surface area contributed by atoms with E-state index in [0.29, 0.717) is 18.9 Å². The van der Waals surface area contributed by atoms with Crippen molar-refractivity contribution in [1.29, 1.82) is 0 Å². The van der Waals surface area contributed by atoms with Gasteiger partial charge in [0.05, 0.1) is 12.2 Å². The van der Waals surface area contributed by atoms with Crippen LogP contribution in [0, 0.1) is 0 Å². The van der Waals surface area contributed by atoms with Crippen LogP contribution in [0.15, 0.2) is 23.0 Å². The Kier molecular flexibility index (Phi) is 4.54. The summed E-state index contributed by atoms with van der Waals surface area (Å²) < 4.78 is 1.41. The van der Waals surface area contributed by atoms with Crippen LogP contribution < -0.4 is 15.8 Å². The highest BCUT2D eigenvalue weighted by atomic mass is 16.2. The first-order valence-corrected chi connectivity index (χ1v) is 7.94. The van der Waals surface area contributed by atoms with Crippen LogP contribution >= 0.6 is 0 Å². The van der Waals surface area contributed by atoms with Crippen LogP contribution in [-0.2, 0) is 19.4 Å². The van der Waals surface area contributed by atoms with E-state index in [4.69, 9.17) is 0 Å². The lowest BCUT2D eigenvalue weighted by molar-refractivity contribution is 0.0945. The summed E-state index contributed by atoms with van der Waals surface area (Å²) in [6.45, 7) is 0.642. The van der Waals surface area contributed by atoms with Crippen molar-refractivity contribution in [3.63, 3.8) is 0 Å². The summed E-state index contributed by atoms with van der Waals surface area (Å²) in [6.07, 6.45) is 2.89. The predicted molar refractivity (Wildman–Crippen MR) is 89.2 cm³/mol. The number of anilines is 1. The highest BCUT2D eigenvalue weighted by molar-refractivity contribution is 5.92. The molecule has 2 aromatic rings. The van der Waals surface area contributed by atoms with Gasteiger partial charge >= 0.3 is 0 Å². The van der Waals surface area contributed by atoms with Gasteiger partial charge in [-0.1, -0.05) is 0 Å². The lowest BCUT2D eigenvalue weighted by atomic mass is 10.2. The van der Waals surface area contributed by atoms with E-state index in [2.05, 4.69) is 20.6 Å². The molecule has 1 N–H and O–H groups in total. The Balaban J connectivity index is 1.58. The van der Waals surface area contributed by atoms with Crippen molar-refractivity contribution in [1.82, 2.24) is 25.3 Å². The average molecular weight is 328 g/mol. The normalized spacial score (nSPS) is 12.8. The topological polar surface area (TPSA) is 93.0 Å². The molecule has 0 saturated carbocycles. The molecule has 1 aliphatic rings. The number of nitrogens with zero attached hydrogens (tertiary/aromatic N) is 5. The third-order valence-electron chi connectivity index (χ3n) is 3.97. The third-order valence-corrected chi connectivity index (χ3v) is 3.97. The summed E-state index contributed by atoms with van der Waals surface area (Å²) in [7, 11) is 3.70. The maximum Gasteiger partial charge on any atom is 0.271 e. The molecule has 0 aromatic carbocycles. The molecular formula is C16H20N6O2. The minimum Gasteiger partial charge on any atom is -0.361 e. The van der Waals surface area contributed by atoms with Crippen LogP contribution in [0.5, 0.6) is 0 Å². The SMILES string of the molecule is CN(C)c1ccc(C(=O)NCCn2nc3c(cc2=O)CCC3)nn1. The van der Waals surface area contributed by atoms with Crippen LogP contribution in [-0.4, -0.2) is 46.5 Å². The molecule has 3 rings (SSSR count). The monoisotopic (exact) mass is 328 g/mol. The Morgan fingerprint density at radius 2 is 2.12 bits per heavy atom. The maximum absolute atomic E-state index is 12.1. The number of aromatic nitrogens is 4. The maximum atomic E-state index is 12.1. The molecule has 2 aromatic heterocycles. The largest absolute Gasteiger partial charge is 0.361 e. The van der Waals surface area contributed by atoms with Gasteiger partial charge in [0.2, 0.25) is 0 Å². The molecule has 2 heterocycles. The molecule has 0 unspecified atom stereocenters. The molecule has 1 aliphatic carbocycles. The lowest BCUT2D eigenvalue weighted by Gasteiger charge is -2.10. The van der Waals surface area contributed by atoms with Gasteiger partial charge in [0, 0.05) is 26.7 Å². The fraction of sp³-hybridized carbons (Fsp3) is 0.438. The van der Waals surface area contributed by atoms with Gasteiger partial charge in [0.25, 0.3) is 11.5 Å². The highest BCUT2D eigenvalue weighted by Crippen LogP contribution is 2.16. The van der Waals surface area contributed by atoms with Crippen molar-refractivity contribution >= 4 is 11.7 Å². The zero-order valence-corrected chi connectivity index (χ0v) is 13.8. The Labute approximate surface area is 139 Å². The van der Waals surface area contributed by atoms with Gasteiger partial charge in [-0.25, -0.2) is 4.68 Å². The van der Waals surface area contributed by atoms with Crippen LogP contribution in [0.2, 0.25) is 0 Å². The van der Waals surface area contributed by atoms with E-state index in [-0.39, 0.29) is 17.2 Å². The summed E-state index contributed by atoms with van der Waals surface area (Å²) in [5, 5.41) is 15.0. The fourth-order valence-electron chi connectivity index (χ4n) is 2.65. The first-order valence-electron chi connectivity index (χ1n) is 7.94. The molecule has 8 nitrogen and oxygen atoms in total. The van der Waals surface area contributed by atoms with Gasteiger partial charge in [0.15, 0.2) is 11.5 Å². The Morgan fingerprint density at radius 1 is 1.29 bits per heavy atom. The van der Waals surface area contributed by atoms with Crippen molar-refractivity contribution in [2.45, 2.75) is 25.8 Å². The molecule has 0 spiro atoms. The number of aryl methyl sites for hydroxylation is 2. The van der Waals surface area contributed by atoms with Gasteiger partial charge < -0.3 is 10.2 Å². The second-order valence-corrected chi connectivity index (χ2v) is 5.96. The van der Waals surface area contributed by atoms with Crippen molar-refractivity contribution in [3.05, 3.63) is 45.5 Å². The molecular weight excluding hydrogens is 308 g/mol. The van der Waals surface area contributed by atoms with E-state index in [0.717, 1.165) is 30.5 Å². The number of nitrogens with one attached hydrogen (secondary N) is 1. The first-order chi connectivity index (χ1) is 11.5. The number of amides is 1. The van der Waals surface area contributed by atoms with Gasteiger partial charge in [-0.3, -0.25) is 9.59 Å². The molecule has 1 amide bonds. The standard InChI is InChI=1S/C16H20N6O2/c1-21(2)14-7-6-13(18-19-14)16(24)17-8-9-22-15(23)10-11-4-3-5-12(11)20-22/h6-7,10H,3-5,8-9H2,1-2H3,(H,17,24). The molecule has 0 radical (unpaired) electrons. The number of hydrogen-bond donors (Lipinski definition) is 1. The molecule has 0 atom stereocenters. The quantitative estimate of drug-likeness (QED) is 0.832. The van der Waals surface area contributed by atoms with Crippen LogP contribution in [0.1, 0.15) is 28.2 Å². The van der Waals surface area contributed by atoms with Crippen LogP contribution in [0.3, 0.4) is 0 Å². The average Bonchev–Trinajstić information content (AvgIpc) is 3.02. The van der Waals surface area contributed by atoms with E-state index >= 15 is 0 Å². The van der Waals surface area contributed by atoms with E-state index in [1.165, 1.54) is 4.68 Å². The van der Waals surface area contributed by atoms with Crippen LogP contribution in [0.25, 0.3) is 0 Å². The zero-order chi connectivity index (χ0) is 17.1. The molecule has 0 saturated heterocycles. The first kappa shape index (κ1) is 16.1.